The molecule has 3 fully saturated rings. The van der Waals surface area contributed by atoms with Crippen molar-refractivity contribution in [1.82, 2.24) is 14.5 Å². The van der Waals surface area contributed by atoms with Gasteiger partial charge in [-0.2, -0.15) is 0 Å². The number of aromatic nitrogens is 2. The summed E-state index contributed by atoms with van der Waals surface area (Å²) in [5.74, 6) is 1.06. The summed E-state index contributed by atoms with van der Waals surface area (Å²) in [6, 6.07) is 6.12. The summed E-state index contributed by atoms with van der Waals surface area (Å²) in [6.07, 6.45) is 10.2. The highest BCUT2D eigenvalue weighted by molar-refractivity contribution is 5.97. The van der Waals surface area contributed by atoms with Crippen LogP contribution in [-0.4, -0.2) is 34.8 Å². The first-order chi connectivity index (χ1) is 14.7. The molecule has 5 rings (SSSR count). The molecular weight excluding hydrogens is 378 g/mol. The van der Waals surface area contributed by atoms with Gasteiger partial charge in [0, 0.05) is 37.9 Å². The van der Waals surface area contributed by atoms with Crippen molar-refractivity contribution in [3.05, 3.63) is 34.2 Å². The number of nitrogens with one attached hydrogen (secondary N) is 1. The van der Waals surface area contributed by atoms with Gasteiger partial charge in [0.1, 0.15) is 0 Å². The van der Waals surface area contributed by atoms with Crippen LogP contribution in [0.25, 0.3) is 11.0 Å². The normalized spacial score (nSPS) is 21.2. The fraction of sp³-hybridized carbons (Fsp3) is 0.667. The molecule has 6 heteroatoms. The summed E-state index contributed by atoms with van der Waals surface area (Å²) in [7, 11) is 0. The molecule has 1 aromatic carbocycles. The van der Waals surface area contributed by atoms with Crippen LogP contribution in [0.1, 0.15) is 74.2 Å². The fourth-order valence-electron chi connectivity index (χ4n) is 5.14. The second kappa shape index (κ2) is 8.58. The van der Waals surface area contributed by atoms with Gasteiger partial charge in [0.05, 0.1) is 11.0 Å². The van der Waals surface area contributed by atoms with Crippen molar-refractivity contribution in [2.75, 3.05) is 19.8 Å². The number of rotatable bonds is 6. The first kappa shape index (κ1) is 19.9. The number of ether oxygens (including phenoxy) is 1. The van der Waals surface area contributed by atoms with E-state index in [0.717, 1.165) is 56.5 Å². The van der Waals surface area contributed by atoms with Gasteiger partial charge in [-0.1, -0.05) is 19.3 Å². The summed E-state index contributed by atoms with van der Waals surface area (Å²) in [4.78, 5) is 26.2. The van der Waals surface area contributed by atoms with E-state index in [4.69, 9.17) is 4.74 Å². The van der Waals surface area contributed by atoms with Crippen LogP contribution >= 0.6 is 0 Å². The maximum atomic E-state index is 13.4. The zero-order valence-electron chi connectivity index (χ0n) is 17.8. The van der Waals surface area contributed by atoms with E-state index in [1.54, 1.807) is 0 Å². The molecule has 0 bridgehead atoms. The quantitative estimate of drug-likeness (QED) is 0.785. The highest BCUT2D eigenvalue weighted by Crippen LogP contribution is 2.33. The Morgan fingerprint density at radius 2 is 1.73 bits per heavy atom. The Morgan fingerprint density at radius 1 is 0.967 bits per heavy atom. The number of carbonyl (C=O) groups excluding carboxylic acids is 1. The van der Waals surface area contributed by atoms with E-state index in [1.165, 1.54) is 32.1 Å². The average molecular weight is 412 g/mol. The van der Waals surface area contributed by atoms with E-state index >= 15 is 0 Å². The van der Waals surface area contributed by atoms with Crippen LogP contribution in [0.2, 0.25) is 0 Å². The van der Waals surface area contributed by atoms with Gasteiger partial charge < -0.3 is 10.1 Å². The lowest BCUT2D eigenvalue weighted by molar-refractivity contribution is 0.0642. The molecule has 1 aliphatic heterocycles. The Balaban J connectivity index is 1.43. The number of fused-ring (bicyclic) bond motifs is 1. The first-order valence-electron chi connectivity index (χ1n) is 11.8. The molecule has 1 amide bonds. The number of carbonyl (C=O) groups is 1. The third-order valence-corrected chi connectivity index (χ3v) is 7.19. The standard InChI is InChI=1S/C24H33N3O3/c28-23(25-15-17-10-12-30-13-11-17)19-8-9-21-22(14-19)26(16-18-6-7-18)24(29)27(21)20-4-2-1-3-5-20/h8-9,14,17-18,20H,1-7,10-13,15-16H2,(H,25,28). The number of hydrogen-bond acceptors (Lipinski definition) is 3. The van der Waals surface area contributed by atoms with Gasteiger partial charge in [-0.25, -0.2) is 4.79 Å². The molecular formula is C24H33N3O3. The third kappa shape index (κ3) is 4.07. The van der Waals surface area contributed by atoms with Crippen molar-refractivity contribution in [1.29, 1.82) is 0 Å². The smallest absolute Gasteiger partial charge is 0.329 e. The van der Waals surface area contributed by atoms with Crippen LogP contribution in [0, 0.1) is 11.8 Å². The molecule has 6 nitrogen and oxygen atoms in total. The second-order valence-corrected chi connectivity index (χ2v) is 9.47. The molecule has 30 heavy (non-hydrogen) atoms. The molecule has 0 atom stereocenters. The van der Waals surface area contributed by atoms with Crippen LogP contribution in [0.15, 0.2) is 23.0 Å². The van der Waals surface area contributed by atoms with E-state index in [9.17, 15) is 9.59 Å². The predicted molar refractivity (Wildman–Crippen MR) is 117 cm³/mol. The molecule has 162 valence electrons. The van der Waals surface area contributed by atoms with E-state index in [-0.39, 0.29) is 11.6 Å². The Labute approximate surface area is 177 Å². The third-order valence-electron chi connectivity index (χ3n) is 7.19. The molecule has 2 aromatic rings. The SMILES string of the molecule is O=C(NCC1CCOCC1)c1ccc2c(c1)n(CC1CC1)c(=O)n2C1CCCCC1. The van der Waals surface area contributed by atoms with Crippen molar-refractivity contribution in [2.24, 2.45) is 11.8 Å². The van der Waals surface area contributed by atoms with E-state index in [0.29, 0.717) is 30.0 Å². The van der Waals surface area contributed by atoms with Crippen LogP contribution < -0.4 is 11.0 Å². The summed E-state index contributed by atoms with van der Waals surface area (Å²) in [5.41, 5.74) is 2.69. The Morgan fingerprint density at radius 3 is 2.47 bits per heavy atom. The molecule has 3 aliphatic rings. The van der Waals surface area contributed by atoms with Crippen LogP contribution in [0.5, 0.6) is 0 Å². The Bertz CT molecular complexity index is 960. The van der Waals surface area contributed by atoms with Gasteiger partial charge in [0.15, 0.2) is 0 Å². The maximum Gasteiger partial charge on any atom is 0.329 e. The lowest BCUT2D eigenvalue weighted by Gasteiger charge is -2.23. The summed E-state index contributed by atoms with van der Waals surface area (Å²) in [6.45, 7) is 3.05. The van der Waals surface area contributed by atoms with Crippen LogP contribution in [-0.2, 0) is 11.3 Å². The van der Waals surface area contributed by atoms with Crippen molar-refractivity contribution < 1.29 is 9.53 Å². The molecule has 1 saturated heterocycles. The van der Waals surface area contributed by atoms with Gasteiger partial charge in [-0.05, 0) is 68.6 Å². The fourth-order valence-corrected chi connectivity index (χ4v) is 5.14. The molecule has 0 spiro atoms. The van der Waals surface area contributed by atoms with E-state index < -0.39 is 0 Å². The molecule has 1 aromatic heterocycles. The largest absolute Gasteiger partial charge is 0.381 e. The number of amides is 1. The van der Waals surface area contributed by atoms with Crippen molar-refractivity contribution in [3.63, 3.8) is 0 Å². The van der Waals surface area contributed by atoms with Gasteiger partial charge in [0.2, 0.25) is 0 Å². The zero-order valence-corrected chi connectivity index (χ0v) is 17.8. The minimum Gasteiger partial charge on any atom is -0.381 e. The van der Waals surface area contributed by atoms with Gasteiger partial charge in [-0.3, -0.25) is 13.9 Å². The Kier molecular flexibility index (Phi) is 5.68. The summed E-state index contributed by atoms with van der Waals surface area (Å²) in [5, 5.41) is 3.10. The van der Waals surface area contributed by atoms with Gasteiger partial charge in [0.25, 0.3) is 5.91 Å². The molecule has 2 saturated carbocycles. The summed E-state index contributed by atoms with van der Waals surface area (Å²) >= 11 is 0. The Hall–Kier alpha value is -2.08. The lowest BCUT2D eigenvalue weighted by Crippen LogP contribution is -2.32. The minimum absolute atomic E-state index is 0.0424. The van der Waals surface area contributed by atoms with E-state index in [1.807, 2.05) is 27.3 Å². The zero-order chi connectivity index (χ0) is 20.5. The second-order valence-electron chi connectivity index (χ2n) is 9.47. The highest BCUT2D eigenvalue weighted by atomic mass is 16.5. The first-order valence-corrected chi connectivity index (χ1v) is 11.8. The molecule has 1 N–H and O–H groups in total. The number of imidazole rings is 1. The van der Waals surface area contributed by atoms with Crippen molar-refractivity contribution in [3.8, 4) is 0 Å². The number of nitrogens with zero attached hydrogens (tertiary/aromatic N) is 2. The van der Waals surface area contributed by atoms with Gasteiger partial charge in [-0.15, -0.1) is 0 Å². The molecule has 2 aliphatic carbocycles. The number of hydrogen-bond donors (Lipinski definition) is 1. The highest BCUT2D eigenvalue weighted by Gasteiger charge is 2.27. The van der Waals surface area contributed by atoms with Gasteiger partial charge >= 0.3 is 5.69 Å². The van der Waals surface area contributed by atoms with Crippen molar-refractivity contribution in [2.45, 2.75) is 70.4 Å². The monoisotopic (exact) mass is 411 g/mol. The lowest BCUT2D eigenvalue weighted by atomic mass is 9.95. The molecule has 0 radical (unpaired) electrons. The average Bonchev–Trinajstić information content (AvgIpc) is 3.57. The maximum absolute atomic E-state index is 13.4. The predicted octanol–water partition coefficient (Wildman–Crippen LogP) is 3.87. The van der Waals surface area contributed by atoms with Crippen molar-refractivity contribution >= 4 is 16.9 Å². The van der Waals surface area contributed by atoms with E-state index in [2.05, 4.69) is 5.32 Å². The van der Waals surface area contributed by atoms with Crippen LogP contribution in [0.3, 0.4) is 0 Å². The van der Waals surface area contributed by atoms with Crippen LogP contribution in [0.4, 0.5) is 0 Å². The number of benzene rings is 1. The molecule has 2 heterocycles. The molecule has 0 unspecified atom stereocenters. The topological polar surface area (TPSA) is 65.3 Å². The minimum atomic E-state index is -0.0424. The summed E-state index contributed by atoms with van der Waals surface area (Å²) < 4.78 is 9.37.